The van der Waals surface area contributed by atoms with Crippen LogP contribution in [0.5, 0.6) is 5.75 Å². The molecule has 0 unspecified atom stereocenters. The smallest absolute Gasteiger partial charge is 0.208 e. The molecule has 8 heteroatoms. The Kier molecular flexibility index (Phi) is 6.51. The predicted octanol–water partition coefficient (Wildman–Crippen LogP) is 4.17. The van der Waals surface area contributed by atoms with E-state index in [1.165, 1.54) is 6.26 Å². The van der Waals surface area contributed by atoms with Crippen LogP contribution in [0.4, 0.5) is 0 Å². The second-order valence-corrected chi connectivity index (χ2v) is 10.6. The molecule has 2 aromatic carbocycles. The standard InChI is InChI=1S/C24H26ClN3O3S/c1-32(30,31)28-20-8-10-24(15-20,23-26-11-9-21(16-25)27-23)14-17-4-2-5-18(12-17)19-6-3-7-22(29)13-19/h2-7,9,11-13,20,28-29H,8,10,14-16H2,1H3/t20-,24+/m0/s1. The molecule has 3 aromatic rings. The van der Waals surface area contributed by atoms with Crippen LogP contribution in [0, 0.1) is 0 Å². The van der Waals surface area contributed by atoms with Crippen LogP contribution < -0.4 is 4.72 Å². The molecular weight excluding hydrogens is 446 g/mol. The van der Waals surface area contributed by atoms with Crippen molar-refractivity contribution in [2.45, 2.75) is 43.0 Å². The monoisotopic (exact) mass is 471 g/mol. The van der Waals surface area contributed by atoms with Crippen molar-refractivity contribution in [3.8, 4) is 16.9 Å². The van der Waals surface area contributed by atoms with Gasteiger partial charge in [0.05, 0.1) is 17.8 Å². The van der Waals surface area contributed by atoms with E-state index in [1.807, 2.05) is 24.3 Å². The molecule has 1 aliphatic carbocycles. The van der Waals surface area contributed by atoms with Crippen molar-refractivity contribution in [1.29, 1.82) is 0 Å². The number of benzene rings is 2. The number of phenols is 1. The maximum Gasteiger partial charge on any atom is 0.208 e. The molecule has 32 heavy (non-hydrogen) atoms. The number of aromatic hydroxyl groups is 1. The number of alkyl halides is 1. The minimum atomic E-state index is -3.31. The van der Waals surface area contributed by atoms with E-state index >= 15 is 0 Å². The van der Waals surface area contributed by atoms with E-state index < -0.39 is 15.4 Å². The fraction of sp³-hybridized carbons (Fsp3) is 0.333. The number of sulfonamides is 1. The van der Waals surface area contributed by atoms with Crippen molar-refractivity contribution in [2.75, 3.05) is 6.26 Å². The first kappa shape index (κ1) is 22.7. The van der Waals surface area contributed by atoms with Gasteiger partial charge in [0, 0.05) is 17.7 Å². The quantitative estimate of drug-likeness (QED) is 0.504. The van der Waals surface area contributed by atoms with Gasteiger partial charge in [0.25, 0.3) is 0 Å². The highest BCUT2D eigenvalue weighted by Gasteiger charge is 2.43. The maximum absolute atomic E-state index is 11.8. The number of hydrogen-bond donors (Lipinski definition) is 2. The molecule has 1 aromatic heterocycles. The molecule has 1 aliphatic rings. The summed E-state index contributed by atoms with van der Waals surface area (Å²) in [5, 5.41) is 9.85. The van der Waals surface area contributed by atoms with Gasteiger partial charge in [-0.3, -0.25) is 0 Å². The molecule has 0 radical (unpaired) electrons. The molecular formula is C24H26ClN3O3S. The highest BCUT2D eigenvalue weighted by atomic mass is 35.5. The Morgan fingerprint density at radius 1 is 1.16 bits per heavy atom. The van der Waals surface area contributed by atoms with Crippen molar-refractivity contribution in [1.82, 2.24) is 14.7 Å². The second kappa shape index (κ2) is 9.17. The van der Waals surface area contributed by atoms with Crippen LogP contribution in [-0.2, 0) is 27.7 Å². The first-order valence-electron chi connectivity index (χ1n) is 10.5. The van der Waals surface area contributed by atoms with Crippen LogP contribution in [0.3, 0.4) is 0 Å². The maximum atomic E-state index is 11.8. The summed E-state index contributed by atoms with van der Waals surface area (Å²) in [6.45, 7) is 0. The van der Waals surface area contributed by atoms with Gasteiger partial charge >= 0.3 is 0 Å². The summed E-state index contributed by atoms with van der Waals surface area (Å²) >= 11 is 6.03. The van der Waals surface area contributed by atoms with E-state index in [9.17, 15) is 13.5 Å². The van der Waals surface area contributed by atoms with Crippen molar-refractivity contribution >= 4 is 21.6 Å². The van der Waals surface area contributed by atoms with Gasteiger partial charge in [0.2, 0.25) is 10.0 Å². The normalized spacial score (nSPS) is 21.0. The van der Waals surface area contributed by atoms with Gasteiger partial charge in [-0.25, -0.2) is 23.1 Å². The van der Waals surface area contributed by atoms with Crippen LogP contribution in [0.1, 0.15) is 36.3 Å². The number of rotatable bonds is 7. The summed E-state index contributed by atoms with van der Waals surface area (Å²) in [4.78, 5) is 9.29. The number of nitrogens with one attached hydrogen (secondary N) is 1. The van der Waals surface area contributed by atoms with Crippen LogP contribution >= 0.6 is 11.6 Å². The fourth-order valence-corrected chi connectivity index (χ4v) is 5.59. The van der Waals surface area contributed by atoms with Crippen LogP contribution in [0.2, 0.25) is 0 Å². The Labute approximate surface area is 193 Å². The minimum Gasteiger partial charge on any atom is -0.508 e. The highest BCUT2D eigenvalue weighted by Crippen LogP contribution is 2.43. The van der Waals surface area contributed by atoms with E-state index in [4.69, 9.17) is 16.6 Å². The summed E-state index contributed by atoms with van der Waals surface area (Å²) in [6.07, 6.45) is 5.68. The number of nitrogens with zero attached hydrogens (tertiary/aromatic N) is 2. The summed E-state index contributed by atoms with van der Waals surface area (Å²) < 4.78 is 26.4. The third kappa shape index (κ3) is 5.28. The van der Waals surface area contributed by atoms with Gasteiger partial charge in [-0.2, -0.15) is 0 Å². The molecule has 1 fully saturated rings. The number of halogens is 1. The lowest BCUT2D eigenvalue weighted by Gasteiger charge is -2.28. The average molecular weight is 472 g/mol. The lowest BCUT2D eigenvalue weighted by atomic mass is 9.78. The number of hydrogen-bond acceptors (Lipinski definition) is 5. The molecule has 2 N–H and O–H groups in total. The van der Waals surface area contributed by atoms with E-state index in [1.54, 1.807) is 24.4 Å². The summed E-state index contributed by atoms with van der Waals surface area (Å²) in [5.74, 6) is 1.22. The minimum absolute atomic E-state index is 0.164. The van der Waals surface area contributed by atoms with Crippen molar-refractivity contribution < 1.29 is 13.5 Å². The molecule has 168 valence electrons. The van der Waals surface area contributed by atoms with E-state index in [0.717, 1.165) is 28.8 Å². The zero-order valence-corrected chi connectivity index (χ0v) is 19.4. The molecule has 0 aliphatic heterocycles. The molecule has 0 amide bonds. The van der Waals surface area contributed by atoms with Gasteiger partial charge < -0.3 is 5.11 Å². The molecule has 0 saturated heterocycles. The lowest BCUT2D eigenvalue weighted by molar-refractivity contribution is 0.399. The Balaban J connectivity index is 1.69. The van der Waals surface area contributed by atoms with Crippen LogP contribution in [-0.4, -0.2) is 35.8 Å². The number of aromatic nitrogens is 2. The summed E-state index contributed by atoms with van der Waals surface area (Å²) in [6, 6.07) is 17.0. The van der Waals surface area contributed by atoms with Gasteiger partial charge in [-0.05, 0) is 60.6 Å². The third-order valence-corrected chi connectivity index (χ3v) is 7.00. The predicted molar refractivity (Wildman–Crippen MR) is 126 cm³/mol. The Bertz CT molecular complexity index is 1220. The molecule has 1 saturated carbocycles. The lowest BCUT2D eigenvalue weighted by Crippen LogP contribution is -2.35. The molecule has 1 heterocycles. The Morgan fingerprint density at radius 3 is 2.62 bits per heavy atom. The molecule has 4 rings (SSSR count). The van der Waals surface area contributed by atoms with Gasteiger partial charge in [0.1, 0.15) is 11.6 Å². The highest BCUT2D eigenvalue weighted by molar-refractivity contribution is 7.88. The Morgan fingerprint density at radius 2 is 1.91 bits per heavy atom. The van der Waals surface area contributed by atoms with Crippen molar-refractivity contribution in [2.24, 2.45) is 0 Å². The van der Waals surface area contributed by atoms with Gasteiger partial charge in [-0.15, -0.1) is 11.6 Å². The molecule has 6 nitrogen and oxygen atoms in total. The van der Waals surface area contributed by atoms with E-state index in [0.29, 0.717) is 31.0 Å². The molecule has 0 spiro atoms. The molecule has 0 bridgehead atoms. The van der Waals surface area contributed by atoms with Crippen LogP contribution in [0.15, 0.2) is 60.8 Å². The second-order valence-electron chi connectivity index (χ2n) is 8.54. The fourth-order valence-electron chi connectivity index (χ4n) is 4.64. The van der Waals surface area contributed by atoms with Gasteiger partial charge in [-0.1, -0.05) is 36.4 Å². The average Bonchev–Trinajstić information content (AvgIpc) is 3.15. The largest absolute Gasteiger partial charge is 0.508 e. The zero-order chi connectivity index (χ0) is 22.8. The van der Waals surface area contributed by atoms with E-state index in [2.05, 4.69) is 21.8 Å². The van der Waals surface area contributed by atoms with Crippen LogP contribution in [0.25, 0.3) is 11.1 Å². The molecule has 2 atom stereocenters. The van der Waals surface area contributed by atoms with Gasteiger partial charge in [0.15, 0.2) is 0 Å². The first-order valence-corrected chi connectivity index (χ1v) is 12.9. The van der Waals surface area contributed by atoms with E-state index in [-0.39, 0.29) is 11.8 Å². The summed E-state index contributed by atoms with van der Waals surface area (Å²) in [7, 11) is -3.31. The van der Waals surface area contributed by atoms with Crippen molar-refractivity contribution in [3.63, 3.8) is 0 Å². The first-order chi connectivity index (χ1) is 15.3. The third-order valence-electron chi connectivity index (χ3n) is 5.96. The Hall–Kier alpha value is -2.48. The van der Waals surface area contributed by atoms with Crippen molar-refractivity contribution in [3.05, 3.63) is 77.9 Å². The topological polar surface area (TPSA) is 92.2 Å². The zero-order valence-electron chi connectivity index (χ0n) is 17.8. The summed E-state index contributed by atoms with van der Waals surface area (Å²) in [5.41, 5.74) is 3.40. The SMILES string of the molecule is CS(=O)(=O)N[C@H]1CC[C@](Cc2cccc(-c3cccc(O)c3)c2)(c2nccc(CCl)n2)C1. The number of phenolic OH excluding ortho intramolecular Hbond substituents is 1.